The molecule has 0 aromatic rings. The van der Waals surface area contributed by atoms with Gasteiger partial charge in [0.15, 0.2) is 0 Å². The van der Waals surface area contributed by atoms with Gasteiger partial charge in [0, 0.05) is 5.41 Å². The Morgan fingerprint density at radius 3 is 2.44 bits per heavy atom. The Morgan fingerprint density at radius 1 is 1.78 bits per heavy atom. The van der Waals surface area contributed by atoms with Crippen LogP contribution in [0, 0.1) is 11.3 Å². The van der Waals surface area contributed by atoms with Gasteiger partial charge in [-0.2, -0.15) is 0 Å². The molecule has 9 heavy (non-hydrogen) atoms. The first-order valence-electron chi connectivity index (χ1n) is 3.47. The number of hydrogen-bond donors (Lipinski definition) is 1. The van der Waals surface area contributed by atoms with Crippen molar-refractivity contribution in [2.75, 3.05) is 6.61 Å². The fraction of sp³-hybridized carbons (Fsp3) is 0.750. The molecule has 1 fully saturated rings. The average molecular weight is 126 g/mol. The Morgan fingerprint density at radius 2 is 2.33 bits per heavy atom. The molecule has 0 aromatic heterocycles. The summed E-state index contributed by atoms with van der Waals surface area (Å²) in [6.07, 6.45) is 4.41. The van der Waals surface area contributed by atoms with Gasteiger partial charge in [-0.05, 0) is 18.8 Å². The standard InChI is InChI=1S/C8H14O/c1-3-8(2,6-9)7-4-5-7/h3,7,9H,1,4-6H2,2H3. The zero-order valence-corrected chi connectivity index (χ0v) is 5.93. The van der Waals surface area contributed by atoms with Crippen molar-refractivity contribution in [3.05, 3.63) is 12.7 Å². The van der Waals surface area contributed by atoms with Crippen LogP contribution in [0.2, 0.25) is 0 Å². The fourth-order valence-electron chi connectivity index (χ4n) is 1.10. The third-order valence-electron chi connectivity index (χ3n) is 2.32. The first-order valence-corrected chi connectivity index (χ1v) is 3.47. The van der Waals surface area contributed by atoms with Crippen LogP contribution in [0.15, 0.2) is 12.7 Å². The van der Waals surface area contributed by atoms with Gasteiger partial charge in [-0.1, -0.05) is 13.0 Å². The van der Waals surface area contributed by atoms with Gasteiger partial charge in [0.1, 0.15) is 0 Å². The number of rotatable bonds is 3. The molecule has 52 valence electrons. The van der Waals surface area contributed by atoms with Crippen molar-refractivity contribution in [1.82, 2.24) is 0 Å². The molecule has 1 atom stereocenters. The van der Waals surface area contributed by atoms with E-state index in [0.717, 1.165) is 0 Å². The van der Waals surface area contributed by atoms with E-state index in [-0.39, 0.29) is 12.0 Å². The quantitative estimate of drug-likeness (QED) is 0.569. The number of aliphatic hydroxyl groups excluding tert-OH is 1. The third kappa shape index (κ3) is 1.16. The van der Waals surface area contributed by atoms with Crippen molar-refractivity contribution in [2.24, 2.45) is 11.3 Å². The maximum atomic E-state index is 8.92. The Kier molecular flexibility index (Phi) is 1.62. The molecule has 1 unspecified atom stereocenters. The van der Waals surface area contributed by atoms with Crippen LogP contribution in [0.5, 0.6) is 0 Å². The van der Waals surface area contributed by atoms with Crippen molar-refractivity contribution in [3.63, 3.8) is 0 Å². The van der Waals surface area contributed by atoms with E-state index in [1.807, 2.05) is 6.08 Å². The Balaban J connectivity index is 2.53. The monoisotopic (exact) mass is 126 g/mol. The minimum atomic E-state index is 0.0139. The van der Waals surface area contributed by atoms with Gasteiger partial charge in [-0.25, -0.2) is 0 Å². The fourth-order valence-corrected chi connectivity index (χ4v) is 1.10. The van der Waals surface area contributed by atoms with E-state index in [2.05, 4.69) is 13.5 Å². The lowest BCUT2D eigenvalue weighted by molar-refractivity contribution is 0.164. The van der Waals surface area contributed by atoms with Crippen LogP contribution in [-0.4, -0.2) is 11.7 Å². The van der Waals surface area contributed by atoms with E-state index >= 15 is 0 Å². The maximum absolute atomic E-state index is 8.92. The Hall–Kier alpha value is -0.300. The van der Waals surface area contributed by atoms with Crippen LogP contribution in [-0.2, 0) is 0 Å². The first kappa shape index (κ1) is 6.81. The van der Waals surface area contributed by atoms with Crippen molar-refractivity contribution in [2.45, 2.75) is 19.8 Å². The summed E-state index contributed by atoms with van der Waals surface area (Å²) in [5.41, 5.74) is 0.0139. The highest BCUT2D eigenvalue weighted by atomic mass is 16.3. The summed E-state index contributed by atoms with van der Waals surface area (Å²) in [5.74, 6) is 0.708. The van der Waals surface area contributed by atoms with Gasteiger partial charge in [0.25, 0.3) is 0 Å². The lowest BCUT2D eigenvalue weighted by atomic mass is 9.86. The van der Waals surface area contributed by atoms with E-state index < -0.39 is 0 Å². The van der Waals surface area contributed by atoms with Crippen LogP contribution in [0.3, 0.4) is 0 Å². The molecular weight excluding hydrogens is 112 g/mol. The van der Waals surface area contributed by atoms with Gasteiger partial charge in [-0.3, -0.25) is 0 Å². The number of aliphatic hydroxyl groups is 1. The highest BCUT2D eigenvalue weighted by Gasteiger charge is 2.38. The minimum absolute atomic E-state index is 0.0139. The van der Waals surface area contributed by atoms with Gasteiger partial charge < -0.3 is 5.11 Å². The van der Waals surface area contributed by atoms with Crippen molar-refractivity contribution < 1.29 is 5.11 Å². The zero-order chi connectivity index (χ0) is 6.91. The molecule has 1 aliphatic rings. The van der Waals surface area contributed by atoms with Crippen LogP contribution in [0.4, 0.5) is 0 Å². The van der Waals surface area contributed by atoms with Crippen LogP contribution in [0.25, 0.3) is 0 Å². The van der Waals surface area contributed by atoms with E-state index in [9.17, 15) is 0 Å². The van der Waals surface area contributed by atoms with E-state index in [1.165, 1.54) is 12.8 Å². The molecule has 1 saturated carbocycles. The third-order valence-corrected chi connectivity index (χ3v) is 2.32. The molecule has 0 amide bonds. The van der Waals surface area contributed by atoms with Crippen LogP contribution in [0.1, 0.15) is 19.8 Å². The molecule has 0 bridgehead atoms. The van der Waals surface area contributed by atoms with Crippen LogP contribution < -0.4 is 0 Å². The molecule has 0 radical (unpaired) electrons. The van der Waals surface area contributed by atoms with Crippen molar-refractivity contribution >= 4 is 0 Å². The van der Waals surface area contributed by atoms with Gasteiger partial charge in [0.2, 0.25) is 0 Å². The molecule has 0 saturated heterocycles. The van der Waals surface area contributed by atoms with Gasteiger partial charge in [-0.15, -0.1) is 6.58 Å². The molecule has 1 heteroatoms. The second-order valence-electron chi connectivity index (χ2n) is 3.14. The zero-order valence-electron chi connectivity index (χ0n) is 5.93. The Labute approximate surface area is 56.4 Å². The molecule has 1 rings (SSSR count). The molecule has 1 nitrogen and oxygen atoms in total. The van der Waals surface area contributed by atoms with Gasteiger partial charge in [0.05, 0.1) is 6.61 Å². The summed E-state index contributed by atoms with van der Waals surface area (Å²) in [6, 6.07) is 0. The van der Waals surface area contributed by atoms with E-state index in [0.29, 0.717) is 5.92 Å². The normalized spacial score (nSPS) is 25.1. The predicted octanol–water partition coefficient (Wildman–Crippen LogP) is 1.58. The summed E-state index contributed by atoms with van der Waals surface area (Å²) in [4.78, 5) is 0. The average Bonchev–Trinajstić information content (AvgIpc) is 2.68. The molecule has 0 aliphatic heterocycles. The molecule has 1 N–H and O–H groups in total. The molecule has 0 aromatic carbocycles. The van der Waals surface area contributed by atoms with Gasteiger partial charge >= 0.3 is 0 Å². The van der Waals surface area contributed by atoms with Crippen molar-refractivity contribution in [1.29, 1.82) is 0 Å². The molecular formula is C8H14O. The smallest absolute Gasteiger partial charge is 0.0521 e. The Bertz CT molecular complexity index is 116. The lowest BCUT2D eigenvalue weighted by Gasteiger charge is -2.21. The second kappa shape index (κ2) is 2.14. The lowest BCUT2D eigenvalue weighted by Crippen LogP contribution is -2.20. The SMILES string of the molecule is C=CC(C)(CO)C1CC1. The summed E-state index contributed by atoms with van der Waals surface area (Å²) < 4.78 is 0. The summed E-state index contributed by atoms with van der Waals surface area (Å²) in [6.45, 7) is 6.02. The topological polar surface area (TPSA) is 20.2 Å². The summed E-state index contributed by atoms with van der Waals surface area (Å²) in [5, 5.41) is 8.92. The van der Waals surface area contributed by atoms with E-state index in [1.54, 1.807) is 0 Å². The van der Waals surface area contributed by atoms with Crippen molar-refractivity contribution in [3.8, 4) is 0 Å². The predicted molar refractivity (Wildman–Crippen MR) is 38.1 cm³/mol. The maximum Gasteiger partial charge on any atom is 0.0521 e. The van der Waals surface area contributed by atoms with E-state index in [4.69, 9.17) is 5.11 Å². The molecule has 0 spiro atoms. The van der Waals surface area contributed by atoms with Crippen LogP contribution >= 0.6 is 0 Å². The summed E-state index contributed by atoms with van der Waals surface area (Å²) in [7, 11) is 0. The summed E-state index contributed by atoms with van der Waals surface area (Å²) >= 11 is 0. The highest BCUT2D eigenvalue weighted by Crippen LogP contribution is 2.45. The second-order valence-corrected chi connectivity index (χ2v) is 3.14. The number of hydrogen-bond acceptors (Lipinski definition) is 1. The largest absolute Gasteiger partial charge is 0.395 e. The minimum Gasteiger partial charge on any atom is -0.395 e. The molecule has 0 heterocycles. The first-order chi connectivity index (χ1) is 4.23. The molecule has 1 aliphatic carbocycles. The highest BCUT2D eigenvalue weighted by molar-refractivity contribution is 5.01.